The lowest BCUT2D eigenvalue weighted by Gasteiger charge is -2.19. The summed E-state index contributed by atoms with van der Waals surface area (Å²) in [4.78, 5) is 17.5. The molecule has 206 valence electrons. The third-order valence-electron chi connectivity index (χ3n) is 6.90. The van der Waals surface area contributed by atoms with Crippen LogP contribution in [0.4, 0.5) is 0 Å². The minimum absolute atomic E-state index is 0.131. The molecular weight excluding hydrogens is 533 g/mol. The fourth-order valence-electron chi connectivity index (χ4n) is 4.72. The Kier molecular flexibility index (Phi) is 9.93. The summed E-state index contributed by atoms with van der Waals surface area (Å²) in [5.74, 6) is 1.20. The number of halogens is 2. The van der Waals surface area contributed by atoms with E-state index in [4.69, 9.17) is 37.4 Å². The second-order valence-electron chi connectivity index (χ2n) is 10.4. The summed E-state index contributed by atoms with van der Waals surface area (Å²) < 4.78 is 17.9. The number of hydrogen-bond acceptors (Lipinski definition) is 5. The van der Waals surface area contributed by atoms with E-state index in [9.17, 15) is 4.79 Å². The number of pyridine rings is 1. The zero-order chi connectivity index (χ0) is 27.9. The highest BCUT2D eigenvalue weighted by Crippen LogP contribution is 2.36. The molecule has 0 radical (unpaired) electrons. The molecule has 0 aliphatic heterocycles. The van der Waals surface area contributed by atoms with E-state index in [1.165, 1.54) is 18.0 Å². The van der Waals surface area contributed by atoms with Gasteiger partial charge in [0, 0.05) is 23.5 Å². The van der Waals surface area contributed by atoms with Gasteiger partial charge >= 0.3 is 5.97 Å². The molecule has 0 N–H and O–H groups in total. The van der Waals surface area contributed by atoms with Crippen molar-refractivity contribution >= 4 is 41.0 Å². The van der Waals surface area contributed by atoms with Gasteiger partial charge in [0.2, 0.25) is 0 Å². The van der Waals surface area contributed by atoms with Gasteiger partial charge in [-0.2, -0.15) is 0 Å². The second kappa shape index (κ2) is 13.4. The molecule has 1 atom stereocenters. The number of carbonyl (C=O) groups excluding carboxylic acids is 1. The van der Waals surface area contributed by atoms with E-state index in [1.54, 1.807) is 13.2 Å². The van der Waals surface area contributed by atoms with Crippen LogP contribution in [-0.2, 0) is 16.0 Å². The van der Waals surface area contributed by atoms with Gasteiger partial charge < -0.3 is 14.2 Å². The molecule has 0 amide bonds. The molecular formula is C32H35Cl2NO4. The van der Waals surface area contributed by atoms with Crippen LogP contribution >= 0.6 is 23.2 Å². The third kappa shape index (κ3) is 7.55. The fourth-order valence-corrected chi connectivity index (χ4v) is 5.19. The fraction of sp³-hybridized carbons (Fsp3) is 0.375. The van der Waals surface area contributed by atoms with Crippen LogP contribution in [0.1, 0.15) is 74.6 Å². The Balaban J connectivity index is 1.67. The van der Waals surface area contributed by atoms with E-state index in [2.05, 4.69) is 31.0 Å². The molecule has 5 nitrogen and oxygen atoms in total. The lowest BCUT2D eigenvalue weighted by atomic mass is 9.97. The van der Waals surface area contributed by atoms with Crippen molar-refractivity contribution in [2.75, 3.05) is 7.11 Å². The molecule has 1 saturated carbocycles. The molecule has 1 aliphatic carbocycles. The van der Waals surface area contributed by atoms with Crippen LogP contribution in [0.15, 0.2) is 54.9 Å². The van der Waals surface area contributed by atoms with Gasteiger partial charge in [0.25, 0.3) is 0 Å². The van der Waals surface area contributed by atoms with E-state index in [-0.39, 0.29) is 6.10 Å². The van der Waals surface area contributed by atoms with Crippen molar-refractivity contribution in [1.82, 2.24) is 4.98 Å². The summed E-state index contributed by atoms with van der Waals surface area (Å²) in [6.45, 7) is 6.21. The molecule has 1 aromatic heterocycles. The number of carbonyl (C=O) groups is 1. The minimum atomic E-state index is -0.489. The van der Waals surface area contributed by atoms with Crippen molar-refractivity contribution in [2.45, 2.75) is 64.9 Å². The maximum absolute atomic E-state index is 13.4. The van der Waals surface area contributed by atoms with Gasteiger partial charge in [-0.05, 0) is 80.3 Å². The van der Waals surface area contributed by atoms with Crippen molar-refractivity contribution in [3.63, 3.8) is 0 Å². The molecule has 1 unspecified atom stereocenters. The van der Waals surface area contributed by atoms with Crippen molar-refractivity contribution < 1.29 is 19.0 Å². The summed E-state index contributed by atoms with van der Waals surface area (Å²) in [5, 5.41) is 0.696. The largest absolute Gasteiger partial charge is 0.493 e. The highest BCUT2D eigenvalue weighted by Gasteiger charge is 2.23. The molecule has 1 aliphatic rings. The maximum Gasteiger partial charge on any atom is 0.318 e. The first kappa shape index (κ1) is 29.0. The highest BCUT2D eigenvalue weighted by molar-refractivity contribution is 6.37. The van der Waals surface area contributed by atoms with Gasteiger partial charge in [0.1, 0.15) is 5.76 Å². The van der Waals surface area contributed by atoms with Gasteiger partial charge in [-0.3, -0.25) is 9.78 Å². The van der Waals surface area contributed by atoms with Gasteiger partial charge in [-0.25, -0.2) is 0 Å². The van der Waals surface area contributed by atoms with Crippen LogP contribution in [0.3, 0.4) is 0 Å². The smallest absolute Gasteiger partial charge is 0.318 e. The van der Waals surface area contributed by atoms with E-state index in [1.807, 2.05) is 37.3 Å². The first-order valence-electron chi connectivity index (χ1n) is 13.4. The lowest BCUT2D eigenvalue weighted by Crippen LogP contribution is -2.14. The van der Waals surface area contributed by atoms with Crippen molar-refractivity contribution in [1.29, 1.82) is 0 Å². The predicted octanol–water partition coefficient (Wildman–Crippen LogP) is 8.76. The molecule has 3 aromatic rings. The number of methoxy groups -OCH3 is 1. The number of nitrogens with zero attached hydrogens (tertiary/aromatic N) is 1. The molecule has 0 bridgehead atoms. The van der Waals surface area contributed by atoms with Crippen molar-refractivity contribution in [2.24, 2.45) is 5.92 Å². The zero-order valence-corrected chi connectivity index (χ0v) is 24.4. The Hall–Kier alpha value is -3.02. The van der Waals surface area contributed by atoms with E-state index in [0.717, 1.165) is 37.7 Å². The normalized spacial score (nSPS) is 14.9. The molecule has 1 fully saturated rings. The Morgan fingerprint density at radius 2 is 1.67 bits per heavy atom. The minimum Gasteiger partial charge on any atom is -0.493 e. The number of aromatic nitrogens is 1. The number of ether oxygens (including phenoxy) is 3. The predicted molar refractivity (Wildman–Crippen MR) is 157 cm³/mol. The van der Waals surface area contributed by atoms with Crippen LogP contribution in [0.5, 0.6) is 11.5 Å². The van der Waals surface area contributed by atoms with E-state index < -0.39 is 11.9 Å². The van der Waals surface area contributed by atoms with Crippen molar-refractivity contribution in [3.8, 4) is 11.5 Å². The first-order valence-corrected chi connectivity index (χ1v) is 14.2. The number of esters is 1. The molecule has 4 rings (SSSR count). The SMILES string of the molecule is COc1ccc(C(=Cc2c(Cl)cncc2Cl)OC(=O)C(C)c2ccc(CC(C)C)cc2)cc1OC1CCCC1. The monoisotopic (exact) mass is 567 g/mol. The third-order valence-corrected chi connectivity index (χ3v) is 7.50. The number of rotatable bonds is 10. The number of benzene rings is 2. The van der Waals surface area contributed by atoms with Gasteiger partial charge in [-0.1, -0.05) is 61.3 Å². The summed E-state index contributed by atoms with van der Waals surface area (Å²) in [5.41, 5.74) is 3.27. The van der Waals surface area contributed by atoms with E-state index >= 15 is 0 Å². The zero-order valence-electron chi connectivity index (χ0n) is 22.9. The highest BCUT2D eigenvalue weighted by atomic mass is 35.5. The quantitative estimate of drug-likeness (QED) is 0.181. The molecule has 39 heavy (non-hydrogen) atoms. The standard InChI is InChI=1S/C32H35Cl2NO4/c1-20(2)15-22-9-11-23(12-10-22)21(3)32(36)39-30(17-26-27(33)18-35-19-28(26)34)24-13-14-29(37-4)31(16-24)38-25-7-5-6-8-25/h9-14,16-21,25H,5-8,15H2,1-4H3. The molecule has 2 aromatic carbocycles. The summed E-state index contributed by atoms with van der Waals surface area (Å²) in [7, 11) is 1.61. The van der Waals surface area contributed by atoms with Gasteiger partial charge in [0.15, 0.2) is 11.5 Å². The molecule has 1 heterocycles. The van der Waals surface area contributed by atoms with Gasteiger partial charge in [-0.15, -0.1) is 0 Å². The van der Waals surface area contributed by atoms with Crippen LogP contribution in [0, 0.1) is 5.92 Å². The van der Waals surface area contributed by atoms with Crippen molar-refractivity contribution in [3.05, 3.63) is 87.2 Å². The lowest BCUT2D eigenvalue weighted by molar-refractivity contribution is -0.137. The van der Waals surface area contributed by atoms with Crippen LogP contribution in [0.2, 0.25) is 10.0 Å². The summed E-state index contributed by atoms with van der Waals surface area (Å²) in [6, 6.07) is 13.6. The molecule has 7 heteroatoms. The molecule has 0 spiro atoms. The average Bonchev–Trinajstić information content (AvgIpc) is 3.43. The van der Waals surface area contributed by atoms with Crippen LogP contribution in [-0.4, -0.2) is 24.2 Å². The maximum atomic E-state index is 13.4. The van der Waals surface area contributed by atoms with Gasteiger partial charge in [0.05, 0.1) is 29.2 Å². The Morgan fingerprint density at radius 3 is 2.28 bits per heavy atom. The second-order valence-corrected chi connectivity index (χ2v) is 11.2. The molecule has 0 saturated heterocycles. The van der Waals surface area contributed by atoms with Crippen LogP contribution in [0.25, 0.3) is 11.8 Å². The Morgan fingerprint density at radius 1 is 1.00 bits per heavy atom. The first-order chi connectivity index (χ1) is 18.7. The summed E-state index contributed by atoms with van der Waals surface area (Å²) in [6.07, 6.45) is 10.1. The number of hydrogen-bond donors (Lipinski definition) is 0. The summed E-state index contributed by atoms with van der Waals surface area (Å²) >= 11 is 12.8. The Labute approximate surface area is 241 Å². The topological polar surface area (TPSA) is 57.7 Å². The van der Waals surface area contributed by atoms with Crippen LogP contribution < -0.4 is 9.47 Å². The Bertz CT molecular complexity index is 1290. The van der Waals surface area contributed by atoms with E-state index in [0.29, 0.717) is 44.3 Å². The average molecular weight is 569 g/mol.